The average Bonchev–Trinajstić information content (AvgIpc) is 2.97. The first-order valence-corrected chi connectivity index (χ1v) is 14.6. The Morgan fingerprint density at radius 2 is 1.13 bits per heavy atom. The Morgan fingerprint density at radius 1 is 0.638 bits per heavy atom. The fraction of sp³-hybridized carbons (Fsp3) is 0.333. The summed E-state index contributed by atoms with van der Waals surface area (Å²) in [5.74, 6) is -3.67. The van der Waals surface area contributed by atoms with Crippen LogP contribution >= 0.6 is 12.4 Å². The van der Waals surface area contributed by atoms with Crippen molar-refractivity contribution in [2.24, 2.45) is 0 Å². The summed E-state index contributed by atoms with van der Waals surface area (Å²) in [7, 11) is 0. The maximum Gasteiger partial charge on any atom is 0.308 e. The van der Waals surface area contributed by atoms with E-state index in [0.717, 1.165) is 19.4 Å². The summed E-state index contributed by atoms with van der Waals surface area (Å²) in [5.41, 5.74) is 1.98. The summed E-state index contributed by atoms with van der Waals surface area (Å²) in [6.07, 6.45) is 7.49. The molecule has 0 aliphatic carbocycles. The van der Waals surface area contributed by atoms with E-state index in [1.54, 1.807) is 36.4 Å². The van der Waals surface area contributed by atoms with E-state index in [2.05, 4.69) is 16.0 Å². The van der Waals surface area contributed by atoms with Gasteiger partial charge < -0.3 is 35.6 Å². The van der Waals surface area contributed by atoms with Crippen LogP contribution in [0.5, 0.6) is 11.5 Å². The lowest BCUT2D eigenvalue weighted by molar-refractivity contribution is -0.137. The van der Waals surface area contributed by atoms with Gasteiger partial charge in [0.1, 0.15) is 0 Å². The molecule has 2 aromatic carbocycles. The second-order valence-electron chi connectivity index (χ2n) is 10.1. The van der Waals surface area contributed by atoms with Gasteiger partial charge in [-0.1, -0.05) is 24.3 Å². The normalized spacial score (nSPS) is 10.7. The molecular formula is C33H40ClN3O10. The molecule has 2 amide bonds. The number of hydrogen-bond acceptors (Lipinski definition) is 9. The smallest absolute Gasteiger partial charge is 0.308 e. The van der Waals surface area contributed by atoms with Crippen LogP contribution in [0.1, 0.15) is 55.4 Å². The molecule has 13 nitrogen and oxygen atoms in total. The minimum atomic E-state index is -1.07. The number of carboxylic acids is 2. The van der Waals surface area contributed by atoms with Crippen LogP contribution in [0.3, 0.4) is 0 Å². The number of halogens is 1. The standard InChI is InChI=1S/C33H39N3O10.ClH/c1-22(37)45-28-11-7-25(19-29(28)46-23(2)38)9-13-30(39)35-16-4-3-14-34-15-5-17-36-31(40)12-8-24-6-10-26(20-32(41)42)27(18-24)21-33(43)44;/h6-13,18-19,34H,3-5,14-17,20-21H2,1-2H3,(H,35,39)(H,36,40)(H,41,42)(H,43,44);1H/b12-8+,13-9+;. The minimum Gasteiger partial charge on any atom is -0.481 e. The first-order valence-electron chi connectivity index (χ1n) is 14.6. The zero-order chi connectivity index (χ0) is 33.9. The van der Waals surface area contributed by atoms with Gasteiger partial charge in [-0.2, -0.15) is 0 Å². The summed E-state index contributed by atoms with van der Waals surface area (Å²) < 4.78 is 10.1. The molecule has 0 radical (unpaired) electrons. The van der Waals surface area contributed by atoms with E-state index >= 15 is 0 Å². The molecule has 47 heavy (non-hydrogen) atoms. The molecule has 0 aromatic heterocycles. The van der Waals surface area contributed by atoms with Crippen molar-refractivity contribution in [3.63, 3.8) is 0 Å². The highest BCUT2D eigenvalue weighted by atomic mass is 35.5. The molecule has 0 aliphatic rings. The molecule has 0 spiro atoms. The quantitative estimate of drug-likeness (QED) is 0.0636. The number of carbonyl (C=O) groups is 6. The summed E-state index contributed by atoms with van der Waals surface area (Å²) in [6, 6.07) is 9.35. The third-order valence-corrected chi connectivity index (χ3v) is 6.15. The van der Waals surface area contributed by atoms with Gasteiger partial charge in [-0.25, -0.2) is 0 Å². The molecule has 0 saturated heterocycles. The first-order chi connectivity index (χ1) is 21.9. The molecule has 0 unspecified atom stereocenters. The van der Waals surface area contributed by atoms with Crippen molar-refractivity contribution >= 4 is 60.3 Å². The number of carbonyl (C=O) groups excluding carboxylic acids is 4. The van der Waals surface area contributed by atoms with E-state index in [1.807, 2.05) is 0 Å². The van der Waals surface area contributed by atoms with E-state index < -0.39 is 23.9 Å². The Morgan fingerprint density at radius 3 is 1.72 bits per heavy atom. The Kier molecular flexibility index (Phi) is 18.5. The first kappa shape index (κ1) is 40.0. The van der Waals surface area contributed by atoms with Crippen LogP contribution in [0.15, 0.2) is 48.6 Å². The van der Waals surface area contributed by atoms with Crippen LogP contribution in [-0.4, -0.2) is 72.1 Å². The molecule has 0 atom stereocenters. The van der Waals surface area contributed by atoms with Crippen molar-refractivity contribution in [1.29, 1.82) is 0 Å². The number of aliphatic carboxylic acids is 2. The number of amides is 2. The third kappa shape index (κ3) is 17.3. The molecule has 0 bridgehead atoms. The second-order valence-corrected chi connectivity index (χ2v) is 10.1. The molecular weight excluding hydrogens is 634 g/mol. The Bertz CT molecular complexity index is 1360. The number of carboxylic acid groups (broad SMARTS) is 2. The number of esters is 2. The molecule has 0 heterocycles. The highest BCUT2D eigenvalue weighted by Crippen LogP contribution is 2.29. The maximum atomic E-state index is 12.1. The van der Waals surface area contributed by atoms with Crippen molar-refractivity contribution in [3.8, 4) is 11.5 Å². The Labute approximate surface area is 278 Å². The van der Waals surface area contributed by atoms with Crippen LogP contribution in [0, 0.1) is 0 Å². The number of benzene rings is 2. The van der Waals surface area contributed by atoms with Crippen LogP contribution in [-0.2, 0) is 41.6 Å². The summed E-state index contributed by atoms with van der Waals surface area (Å²) in [6.45, 7) is 4.83. The van der Waals surface area contributed by atoms with Crippen LogP contribution in [0.25, 0.3) is 12.2 Å². The fourth-order valence-electron chi connectivity index (χ4n) is 4.11. The molecule has 14 heteroatoms. The number of rotatable bonds is 19. The monoisotopic (exact) mass is 673 g/mol. The minimum absolute atomic E-state index is 0. The predicted molar refractivity (Wildman–Crippen MR) is 176 cm³/mol. The van der Waals surface area contributed by atoms with Gasteiger partial charge in [-0.05, 0) is 78.9 Å². The van der Waals surface area contributed by atoms with Crippen LogP contribution < -0.4 is 25.4 Å². The second kappa shape index (κ2) is 21.7. The third-order valence-electron chi connectivity index (χ3n) is 6.15. The van der Waals surface area contributed by atoms with E-state index in [1.165, 1.54) is 38.1 Å². The molecule has 0 aliphatic heterocycles. The lowest BCUT2D eigenvalue weighted by atomic mass is 9.98. The zero-order valence-electron chi connectivity index (χ0n) is 26.2. The van der Waals surface area contributed by atoms with Crippen molar-refractivity contribution in [1.82, 2.24) is 16.0 Å². The van der Waals surface area contributed by atoms with Crippen molar-refractivity contribution < 1.29 is 48.5 Å². The lowest BCUT2D eigenvalue weighted by Gasteiger charge is -2.09. The van der Waals surface area contributed by atoms with Gasteiger partial charge in [0.15, 0.2) is 11.5 Å². The fourth-order valence-corrected chi connectivity index (χ4v) is 4.11. The van der Waals surface area contributed by atoms with E-state index in [0.29, 0.717) is 48.3 Å². The topological polar surface area (TPSA) is 197 Å². The lowest BCUT2D eigenvalue weighted by Crippen LogP contribution is -2.27. The van der Waals surface area contributed by atoms with E-state index in [-0.39, 0.29) is 48.6 Å². The highest BCUT2D eigenvalue weighted by Gasteiger charge is 2.12. The van der Waals surface area contributed by atoms with Crippen LogP contribution in [0.2, 0.25) is 0 Å². The Balaban J connectivity index is 0.0000110. The summed E-state index contributed by atoms with van der Waals surface area (Å²) in [4.78, 5) is 69.0. The number of unbranched alkanes of at least 4 members (excludes halogenated alkanes) is 1. The number of hydrogen-bond donors (Lipinski definition) is 5. The van der Waals surface area contributed by atoms with Crippen LogP contribution in [0.4, 0.5) is 0 Å². The molecule has 2 rings (SSSR count). The molecule has 0 fully saturated rings. The van der Waals surface area contributed by atoms with Crippen molar-refractivity contribution in [3.05, 3.63) is 70.8 Å². The SMILES string of the molecule is CC(=O)Oc1ccc(/C=C/C(=O)NCCCCNCCCNC(=O)/C=C/c2ccc(CC(=O)O)c(CC(=O)O)c2)cc1OC(C)=O.Cl. The highest BCUT2D eigenvalue weighted by molar-refractivity contribution is 5.92. The molecule has 0 saturated carbocycles. The number of nitrogens with one attached hydrogen (secondary N) is 3. The molecule has 5 N–H and O–H groups in total. The van der Waals surface area contributed by atoms with Gasteiger partial charge in [0.2, 0.25) is 11.8 Å². The molecule has 254 valence electrons. The molecule has 2 aromatic rings. The summed E-state index contributed by atoms with van der Waals surface area (Å²) in [5, 5.41) is 26.9. The van der Waals surface area contributed by atoms with Crippen molar-refractivity contribution in [2.75, 3.05) is 26.2 Å². The largest absolute Gasteiger partial charge is 0.481 e. The Hall–Kier alpha value is -5.01. The maximum absolute atomic E-state index is 12.1. The van der Waals surface area contributed by atoms with Gasteiger partial charge in [-0.3, -0.25) is 28.8 Å². The van der Waals surface area contributed by atoms with Gasteiger partial charge in [0.05, 0.1) is 12.8 Å². The zero-order valence-corrected chi connectivity index (χ0v) is 27.0. The predicted octanol–water partition coefficient (Wildman–Crippen LogP) is 2.93. The average molecular weight is 674 g/mol. The van der Waals surface area contributed by atoms with Gasteiger partial charge >= 0.3 is 23.9 Å². The summed E-state index contributed by atoms with van der Waals surface area (Å²) >= 11 is 0. The van der Waals surface area contributed by atoms with Gasteiger partial charge in [0.25, 0.3) is 0 Å². The van der Waals surface area contributed by atoms with Gasteiger partial charge in [-0.15, -0.1) is 12.4 Å². The van der Waals surface area contributed by atoms with Gasteiger partial charge in [0, 0.05) is 39.1 Å². The van der Waals surface area contributed by atoms with Crippen molar-refractivity contribution in [2.45, 2.75) is 46.0 Å². The van der Waals surface area contributed by atoms with E-state index in [9.17, 15) is 28.8 Å². The number of ether oxygens (including phenoxy) is 2. The van der Waals surface area contributed by atoms with E-state index in [4.69, 9.17) is 19.7 Å².